The molecule has 2 aromatic heterocycles. The summed E-state index contributed by atoms with van der Waals surface area (Å²) in [6, 6.07) is 25.8. The van der Waals surface area contributed by atoms with E-state index in [9.17, 15) is 23.1 Å². The Morgan fingerprint density at radius 1 is 0.956 bits per heavy atom. The van der Waals surface area contributed by atoms with Crippen LogP contribution in [0.2, 0.25) is 5.02 Å². The van der Waals surface area contributed by atoms with Gasteiger partial charge in [0.1, 0.15) is 11.5 Å². The van der Waals surface area contributed by atoms with E-state index >= 15 is 0 Å². The molecule has 0 fully saturated rings. The number of benzene rings is 4. The number of alkyl halides is 3. The van der Waals surface area contributed by atoms with E-state index in [1.54, 1.807) is 42.5 Å². The van der Waals surface area contributed by atoms with Crippen LogP contribution in [-0.4, -0.2) is 33.3 Å². The molecule has 1 N–H and O–H groups in total. The zero-order valence-corrected chi connectivity index (χ0v) is 24.6. The number of ether oxygens (including phenoxy) is 2. The van der Waals surface area contributed by atoms with Crippen LogP contribution >= 0.6 is 11.6 Å². The van der Waals surface area contributed by atoms with Crippen LogP contribution in [0.5, 0.6) is 11.5 Å². The first kappa shape index (κ1) is 30.1. The number of rotatable bonds is 10. The molecule has 2 heterocycles. The van der Waals surface area contributed by atoms with E-state index in [1.165, 1.54) is 12.1 Å². The Morgan fingerprint density at radius 3 is 2.49 bits per heavy atom. The van der Waals surface area contributed by atoms with Crippen LogP contribution in [0.4, 0.5) is 13.2 Å². The number of halogens is 4. The van der Waals surface area contributed by atoms with Gasteiger partial charge in [-0.05, 0) is 85.3 Å². The van der Waals surface area contributed by atoms with Crippen molar-refractivity contribution in [3.8, 4) is 17.3 Å². The Balaban J connectivity index is 1.36. The van der Waals surface area contributed by atoms with Crippen molar-refractivity contribution in [1.82, 2.24) is 9.72 Å². The van der Waals surface area contributed by atoms with Gasteiger partial charge in [0, 0.05) is 22.2 Å². The molecular formula is C34H26ClF3N2O5. The monoisotopic (exact) mass is 634 g/mol. The molecule has 0 spiro atoms. The van der Waals surface area contributed by atoms with E-state index in [-0.39, 0.29) is 12.2 Å². The van der Waals surface area contributed by atoms with Gasteiger partial charge in [-0.25, -0.2) is 4.79 Å². The van der Waals surface area contributed by atoms with E-state index in [4.69, 9.17) is 20.9 Å². The highest BCUT2D eigenvalue weighted by atomic mass is 35.5. The second-order valence-electron chi connectivity index (χ2n) is 10.6. The number of carboxylic acids is 1. The van der Waals surface area contributed by atoms with Gasteiger partial charge in [-0.3, -0.25) is 4.57 Å². The summed E-state index contributed by atoms with van der Waals surface area (Å²) >= 11 is 6.13. The quantitative estimate of drug-likeness (QED) is 0.162. The zero-order chi connectivity index (χ0) is 31.7. The van der Waals surface area contributed by atoms with E-state index in [1.807, 2.05) is 47.9 Å². The SMILES string of the molecule is Cc1c(Cc2cccc(O[C@@H](CCc3ccccc3)C(=O)O)c2)c2cc(OC(F)(F)F)ccc2n1-c1noc2cc(Cl)ccc12. The van der Waals surface area contributed by atoms with Gasteiger partial charge < -0.3 is 19.1 Å². The lowest BCUT2D eigenvalue weighted by Gasteiger charge is -2.16. The molecule has 0 bridgehead atoms. The highest BCUT2D eigenvalue weighted by Crippen LogP contribution is 2.37. The summed E-state index contributed by atoms with van der Waals surface area (Å²) in [5.41, 5.74) is 4.27. The predicted molar refractivity (Wildman–Crippen MR) is 163 cm³/mol. The lowest BCUT2D eigenvalue weighted by atomic mass is 10.0. The first-order valence-electron chi connectivity index (χ1n) is 14.0. The third kappa shape index (κ3) is 6.61. The Labute approximate surface area is 260 Å². The van der Waals surface area contributed by atoms with E-state index in [0.717, 1.165) is 22.4 Å². The summed E-state index contributed by atoms with van der Waals surface area (Å²) in [6.45, 7) is 1.85. The molecule has 6 aromatic rings. The summed E-state index contributed by atoms with van der Waals surface area (Å²) in [6.07, 6.45) is -4.83. The molecule has 4 aromatic carbocycles. The molecule has 1 atom stereocenters. The van der Waals surface area contributed by atoms with Gasteiger partial charge >= 0.3 is 12.3 Å². The number of fused-ring (bicyclic) bond motifs is 2. The number of hydrogen-bond donors (Lipinski definition) is 1. The molecule has 7 nitrogen and oxygen atoms in total. The van der Waals surface area contributed by atoms with Crippen molar-refractivity contribution in [1.29, 1.82) is 0 Å². The Kier molecular flexibility index (Phi) is 8.16. The zero-order valence-electron chi connectivity index (χ0n) is 23.8. The van der Waals surface area contributed by atoms with Gasteiger partial charge in [0.25, 0.3) is 0 Å². The Bertz CT molecular complexity index is 2000. The van der Waals surface area contributed by atoms with Crippen molar-refractivity contribution in [2.24, 2.45) is 0 Å². The standard InChI is InChI=1S/C34H26ClF3N2O5/c1-20-27(17-22-8-5-9-24(16-22)43-30(33(41)42)15-10-21-6-3-2-4-7-21)28-19-25(44-34(36,37)38)12-14-29(28)40(20)32-26-13-11-23(35)18-31(26)45-39-32/h2-9,11-14,16,18-19,30H,10,15,17H2,1H3,(H,41,42)/t30-/m0/s1. The molecule has 0 saturated carbocycles. The number of aromatic nitrogens is 2. The minimum Gasteiger partial charge on any atom is -0.479 e. The van der Waals surface area contributed by atoms with Crippen molar-refractivity contribution >= 4 is 39.4 Å². The molecule has 0 aliphatic carbocycles. The van der Waals surface area contributed by atoms with Crippen LogP contribution in [0.1, 0.15) is 28.8 Å². The third-order valence-electron chi connectivity index (χ3n) is 7.54. The van der Waals surface area contributed by atoms with Gasteiger partial charge in [-0.15, -0.1) is 13.2 Å². The van der Waals surface area contributed by atoms with Gasteiger partial charge in [0.05, 0.1) is 10.9 Å². The van der Waals surface area contributed by atoms with Crippen LogP contribution < -0.4 is 9.47 Å². The van der Waals surface area contributed by atoms with Crippen LogP contribution in [0.3, 0.4) is 0 Å². The summed E-state index contributed by atoms with van der Waals surface area (Å²) in [5, 5.41) is 15.8. The summed E-state index contributed by atoms with van der Waals surface area (Å²) in [7, 11) is 0. The minimum atomic E-state index is -4.86. The van der Waals surface area contributed by atoms with Crippen LogP contribution in [0.25, 0.3) is 27.7 Å². The maximum Gasteiger partial charge on any atom is 0.573 e. The van der Waals surface area contributed by atoms with Crippen molar-refractivity contribution in [2.45, 2.75) is 38.7 Å². The second-order valence-corrected chi connectivity index (χ2v) is 11.0. The van der Waals surface area contributed by atoms with E-state index < -0.39 is 18.4 Å². The topological polar surface area (TPSA) is 86.7 Å². The molecule has 0 aliphatic heterocycles. The number of hydrogen-bond acceptors (Lipinski definition) is 5. The molecule has 0 aliphatic rings. The van der Waals surface area contributed by atoms with Crippen molar-refractivity contribution in [2.75, 3.05) is 0 Å². The van der Waals surface area contributed by atoms with E-state index in [0.29, 0.717) is 51.3 Å². The number of aliphatic carboxylic acids is 1. The molecule has 0 saturated heterocycles. The molecule has 45 heavy (non-hydrogen) atoms. The number of carboxylic acid groups (broad SMARTS) is 1. The lowest BCUT2D eigenvalue weighted by Crippen LogP contribution is -2.27. The summed E-state index contributed by atoms with van der Waals surface area (Å²) < 4.78 is 56.9. The fraction of sp³-hybridized carbons (Fsp3) is 0.176. The number of aryl methyl sites for hydroxylation is 1. The van der Waals surface area contributed by atoms with Gasteiger partial charge in [-0.1, -0.05) is 59.2 Å². The molecular weight excluding hydrogens is 609 g/mol. The molecule has 6 rings (SSSR count). The average Bonchev–Trinajstić information content (AvgIpc) is 3.52. The molecule has 0 radical (unpaired) electrons. The molecule has 230 valence electrons. The summed E-state index contributed by atoms with van der Waals surface area (Å²) in [4.78, 5) is 12.0. The van der Waals surface area contributed by atoms with Crippen LogP contribution in [0.15, 0.2) is 95.5 Å². The molecule has 0 amide bonds. The molecule has 0 unspecified atom stereocenters. The lowest BCUT2D eigenvalue weighted by molar-refractivity contribution is -0.274. The molecule has 11 heteroatoms. The first-order valence-corrected chi connectivity index (χ1v) is 14.4. The second kappa shape index (κ2) is 12.2. The first-order chi connectivity index (χ1) is 21.6. The van der Waals surface area contributed by atoms with Crippen molar-refractivity contribution in [3.63, 3.8) is 0 Å². The van der Waals surface area contributed by atoms with Gasteiger partial charge in [-0.2, -0.15) is 0 Å². The Hall–Kier alpha value is -4.96. The average molecular weight is 635 g/mol. The fourth-order valence-electron chi connectivity index (χ4n) is 5.49. The van der Waals surface area contributed by atoms with Crippen LogP contribution in [0, 0.1) is 6.92 Å². The highest BCUT2D eigenvalue weighted by Gasteiger charge is 2.31. The largest absolute Gasteiger partial charge is 0.573 e. The van der Waals surface area contributed by atoms with Crippen LogP contribution in [-0.2, 0) is 17.6 Å². The van der Waals surface area contributed by atoms with Gasteiger partial charge in [0.2, 0.25) is 0 Å². The predicted octanol–water partition coefficient (Wildman–Crippen LogP) is 8.69. The third-order valence-corrected chi connectivity index (χ3v) is 7.77. The highest BCUT2D eigenvalue weighted by molar-refractivity contribution is 6.31. The maximum atomic E-state index is 13.1. The minimum absolute atomic E-state index is 0.273. The number of carbonyl (C=O) groups is 1. The summed E-state index contributed by atoms with van der Waals surface area (Å²) in [5.74, 6) is -0.604. The number of nitrogens with zero attached hydrogens (tertiary/aromatic N) is 2. The van der Waals surface area contributed by atoms with E-state index in [2.05, 4.69) is 9.89 Å². The normalized spacial score (nSPS) is 12.5. The Morgan fingerprint density at radius 2 is 1.73 bits per heavy atom. The van der Waals surface area contributed by atoms with Crippen molar-refractivity contribution in [3.05, 3.63) is 118 Å². The smallest absolute Gasteiger partial charge is 0.479 e. The fourth-order valence-corrected chi connectivity index (χ4v) is 5.65. The van der Waals surface area contributed by atoms with Crippen molar-refractivity contribution < 1.29 is 37.1 Å². The van der Waals surface area contributed by atoms with Gasteiger partial charge in [0.15, 0.2) is 17.5 Å². The maximum absolute atomic E-state index is 13.1.